The number of phenols is 1. The molecule has 1 N–H and O–H groups in total. The van der Waals surface area contributed by atoms with E-state index in [1.54, 1.807) is 24.1 Å². The summed E-state index contributed by atoms with van der Waals surface area (Å²) < 4.78 is 21.9. The maximum absolute atomic E-state index is 13.4. The monoisotopic (exact) mass is 464 g/mol. The summed E-state index contributed by atoms with van der Waals surface area (Å²) in [6.45, 7) is 7.66. The highest BCUT2D eigenvalue weighted by Crippen LogP contribution is 2.31. The van der Waals surface area contributed by atoms with Gasteiger partial charge in [0.1, 0.15) is 17.1 Å². The molecule has 1 heterocycles. The van der Waals surface area contributed by atoms with Crippen molar-refractivity contribution < 1.29 is 33.6 Å². The first-order valence-electron chi connectivity index (χ1n) is 11.5. The van der Waals surface area contributed by atoms with Gasteiger partial charge in [-0.2, -0.15) is 0 Å². The van der Waals surface area contributed by atoms with Crippen molar-refractivity contribution in [2.24, 2.45) is 0 Å². The van der Waals surface area contributed by atoms with E-state index in [1.165, 1.54) is 4.90 Å². The predicted molar refractivity (Wildman–Crippen MR) is 121 cm³/mol. The SMILES string of the molecule is COCCCOc1cc(O)cc(CN(C(=O)[C@H]2CN(C(=O)OC(C)(C)C)CCO2)C2CC2)c1. The molecular weight excluding hydrogens is 428 g/mol. The Hall–Kier alpha value is -2.52. The third kappa shape index (κ3) is 7.78. The number of carbonyl (C=O) groups is 2. The Labute approximate surface area is 195 Å². The van der Waals surface area contributed by atoms with Crippen LogP contribution in [-0.4, -0.2) is 84.7 Å². The van der Waals surface area contributed by atoms with Crippen molar-refractivity contribution in [3.63, 3.8) is 0 Å². The van der Waals surface area contributed by atoms with Gasteiger partial charge in [0.25, 0.3) is 5.91 Å². The van der Waals surface area contributed by atoms with Crippen LogP contribution in [0.3, 0.4) is 0 Å². The third-order valence-electron chi connectivity index (χ3n) is 5.33. The minimum Gasteiger partial charge on any atom is -0.508 e. The number of rotatable bonds is 9. The summed E-state index contributed by atoms with van der Waals surface area (Å²) in [5, 5.41) is 10.1. The van der Waals surface area contributed by atoms with Crippen LogP contribution in [0.5, 0.6) is 11.5 Å². The summed E-state index contributed by atoms with van der Waals surface area (Å²) in [4.78, 5) is 29.1. The normalized spacial score (nSPS) is 18.7. The van der Waals surface area contributed by atoms with Gasteiger partial charge >= 0.3 is 6.09 Å². The van der Waals surface area contributed by atoms with Gasteiger partial charge in [-0.15, -0.1) is 0 Å². The number of carbonyl (C=O) groups excluding carboxylic acids is 2. The van der Waals surface area contributed by atoms with Crippen LogP contribution in [-0.2, 0) is 25.5 Å². The number of hydrogen-bond donors (Lipinski definition) is 1. The molecule has 1 aromatic rings. The van der Waals surface area contributed by atoms with Crippen LogP contribution in [0.1, 0.15) is 45.6 Å². The van der Waals surface area contributed by atoms with Crippen molar-refractivity contribution >= 4 is 12.0 Å². The van der Waals surface area contributed by atoms with Crippen LogP contribution in [0.25, 0.3) is 0 Å². The molecule has 1 aromatic carbocycles. The molecule has 1 aliphatic carbocycles. The summed E-state index contributed by atoms with van der Waals surface area (Å²) in [6, 6.07) is 5.16. The molecule has 1 saturated heterocycles. The molecule has 2 aliphatic rings. The highest BCUT2D eigenvalue weighted by molar-refractivity contribution is 5.83. The number of methoxy groups -OCH3 is 1. The maximum Gasteiger partial charge on any atom is 0.410 e. The van der Waals surface area contributed by atoms with Crippen molar-refractivity contribution in [1.29, 1.82) is 0 Å². The molecule has 0 aromatic heterocycles. The molecule has 0 unspecified atom stereocenters. The van der Waals surface area contributed by atoms with Crippen molar-refractivity contribution in [3.8, 4) is 11.5 Å². The van der Waals surface area contributed by atoms with E-state index in [1.807, 2.05) is 26.8 Å². The lowest BCUT2D eigenvalue weighted by Gasteiger charge is -2.36. The zero-order chi connectivity index (χ0) is 24.0. The van der Waals surface area contributed by atoms with E-state index < -0.39 is 17.8 Å². The number of benzene rings is 1. The van der Waals surface area contributed by atoms with Gasteiger partial charge in [0.05, 0.1) is 19.8 Å². The van der Waals surface area contributed by atoms with E-state index in [0.717, 1.165) is 24.8 Å². The number of morpholine rings is 1. The zero-order valence-corrected chi connectivity index (χ0v) is 20.0. The second-order valence-electron chi connectivity index (χ2n) is 9.51. The van der Waals surface area contributed by atoms with Gasteiger partial charge in [-0.3, -0.25) is 4.79 Å². The van der Waals surface area contributed by atoms with Crippen LogP contribution in [0.15, 0.2) is 18.2 Å². The largest absolute Gasteiger partial charge is 0.508 e. The third-order valence-corrected chi connectivity index (χ3v) is 5.33. The highest BCUT2D eigenvalue weighted by Gasteiger charge is 2.39. The average Bonchev–Trinajstić information content (AvgIpc) is 3.58. The standard InChI is InChI=1S/C24H36N2O7/c1-24(2,3)33-23(29)25-8-11-32-21(16-25)22(28)26(18-6-7-18)15-17-12-19(27)14-20(13-17)31-10-5-9-30-4/h12-14,18,21,27H,5-11,15-16H2,1-4H3/t21-/m1/s1. The number of ether oxygens (including phenoxy) is 4. The number of nitrogens with zero attached hydrogens (tertiary/aromatic N) is 2. The molecule has 3 rings (SSSR count). The molecule has 0 bridgehead atoms. The van der Waals surface area contributed by atoms with E-state index in [4.69, 9.17) is 18.9 Å². The van der Waals surface area contributed by atoms with E-state index in [2.05, 4.69) is 0 Å². The lowest BCUT2D eigenvalue weighted by atomic mass is 10.1. The second-order valence-corrected chi connectivity index (χ2v) is 9.51. The first-order valence-corrected chi connectivity index (χ1v) is 11.5. The molecule has 0 radical (unpaired) electrons. The summed E-state index contributed by atoms with van der Waals surface area (Å²) >= 11 is 0. The van der Waals surface area contributed by atoms with Crippen molar-refractivity contribution in [2.75, 3.05) is 40.0 Å². The molecular formula is C24H36N2O7. The molecule has 2 amide bonds. The number of phenolic OH excluding ortho intramolecular Hbond substituents is 1. The van der Waals surface area contributed by atoms with Crippen LogP contribution >= 0.6 is 0 Å². The Balaban J connectivity index is 1.65. The average molecular weight is 465 g/mol. The smallest absolute Gasteiger partial charge is 0.410 e. The van der Waals surface area contributed by atoms with E-state index in [0.29, 0.717) is 32.1 Å². The lowest BCUT2D eigenvalue weighted by Crippen LogP contribution is -2.53. The van der Waals surface area contributed by atoms with Crippen molar-refractivity contribution in [3.05, 3.63) is 23.8 Å². The van der Waals surface area contributed by atoms with Crippen LogP contribution < -0.4 is 4.74 Å². The molecule has 1 aliphatic heterocycles. The summed E-state index contributed by atoms with van der Waals surface area (Å²) in [5.41, 5.74) is 0.171. The maximum atomic E-state index is 13.4. The number of aromatic hydroxyl groups is 1. The molecule has 9 heteroatoms. The van der Waals surface area contributed by atoms with Crippen LogP contribution in [0.2, 0.25) is 0 Å². The van der Waals surface area contributed by atoms with Gasteiger partial charge < -0.3 is 33.9 Å². The molecule has 1 atom stereocenters. The second kappa shape index (κ2) is 11.1. The molecule has 33 heavy (non-hydrogen) atoms. The Morgan fingerprint density at radius 2 is 1.97 bits per heavy atom. The van der Waals surface area contributed by atoms with E-state index >= 15 is 0 Å². The molecule has 2 fully saturated rings. The zero-order valence-electron chi connectivity index (χ0n) is 20.0. The topological polar surface area (TPSA) is 97.8 Å². The van der Waals surface area contributed by atoms with Gasteiger partial charge in [-0.1, -0.05) is 0 Å². The molecule has 0 spiro atoms. The first-order chi connectivity index (χ1) is 15.7. The molecule has 184 valence electrons. The van der Waals surface area contributed by atoms with Gasteiger partial charge in [0.2, 0.25) is 0 Å². The molecule has 9 nitrogen and oxygen atoms in total. The Morgan fingerprint density at radius 3 is 2.64 bits per heavy atom. The van der Waals surface area contributed by atoms with Crippen LogP contribution in [0.4, 0.5) is 4.79 Å². The number of amides is 2. The summed E-state index contributed by atoms with van der Waals surface area (Å²) in [6.07, 6.45) is 1.40. The lowest BCUT2D eigenvalue weighted by molar-refractivity contribution is -0.150. The first kappa shape index (κ1) is 25.1. The van der Waals surface area contributed by atoms with Gasteiger partial charge in [0.15, 0.2) is 6.10 Å². The predicted octanol–water partition coefficient (Wildman–Crippen LogP) is 2.93. The minimum absolute atomic E-state index is 0.0856. The fraction of sp³-hybridized carbons (Fsp3) is 0.667. The van der Waals surface area contributed by atoms with Crippen molar-refractivity contribution in [2.45, 2.75) is 64.3 Å². The summed E-state index contributed by atoms with van der Waals surface area (Å²) in [7, 11) is 1.64. The fourth-order valence-electron chi connectivity index (χ4n) is 3.66. The number of hydrogen-bond acceptors (Lipinski definition) is 7. The quantitative estimate of drug-likeness (QED) is 0.561. The van der Waals surface area contributed by atoms with Crippen molar-refractivity contribution in [1.82, 2.24) is 9.80 Å². The minimum atomic E-state index is -0.742. The summed E-state index contributed by atoms with van der Waals surface area (Å²) in [5.74, 6) is 0.480. The Morgan fingerprint density at radius 1 is 1.21 bits per heavy atom. The van der Waals surface area contributed by atoms with E-state index in [9.17, 15) is 14.7 Å². The van der Waals surface area contributed by atoms with Gasteiger partial charge in [0, 0.05) is 45.3 Å². The Kier molecular flexibility index (Phi) is 8.42. The Bertz CT molecular complexity index is 820. The molecule has 1 saturated carbocycles. The van der Waals surface area contributed by atoms with E-state index in [-0.39, 0.29) is 30.9 Å². The fourth-order valence-corrected chi connectivity index (χ4v) is 3.66. The van der Waals surface area contributed by atoms with Gasteiger partial charge in [-0.05, 0) is 51.3 Å². The van der Waals surface area contributed by atoms with Crippen LogP contribution in [0, 0.1) is 0 Å². The highest BCUT2D eigenvalue weighted by atomic mass is 16.6. The van der Waals surface area contributed by atoms with Gasteiger partial charge in [-0.25, -0.2) is 4.79 Å².